The van der Waals surface area contributed by atoms with Crippen LogP contribution in [0.25, 0.3) is 10.8 Å². The molecule has 3 nitrogen and oxygen atoms in total. The number of nitrogens with one attached hydrogen (secondary N) is 1. The zero-order chi connectivity index (χ0) is 17.0. The Bertz CT molecular complexity index is 730. The summed E-state index contributed by atoms with van der Waals surface area (Å²) < 4.78 is 6.20. The third-order valence-electron chi connectivity index (χ3n) is 3.60. The van der Waals surface area contributed by atoms with E-state index in [4.69, 9.17) is 17.0 Å². The first-order chi connectivity index (χ1) is 11.0. The van der Waals surface area contributed by atoms with Gasteiger partial charge in [0.1, 0.15) is 0 Å². The number of ether oxygens (including phenoxy) is 1. The average molecular weight is 394 g/mol. The zero-order valence-electron chi connectivity index (χ0n) is 13.4. The Kier molecular flexibility index (Phi) is 6.13. The largest absolute Gasteiger partial charge is 0.485 e. The van der Waals surface area contributed by atoms with Crippen molar-refractivity contribution in [2.24, 2.45) is 5.92 Å². The van der Waals surface area contributed by atoms with E-state index >= 15 is 0 Å². The number of amides is 1. The van der Waals surface area contributed by atoms with E-state index in [-0.39, 0.29) is 17.9 Å². The first-order valence-corrected chi connectivity index (χ1v) is 8.80. The minimum atomic E-state index is -0.296. The average Bonchev–Trinajstić information content (AvgIpc) is 2.52. The molecule has 0 aliphatic rings. The molecule has 0 saturated carbocycles. The maximum Gasteiger partial charge on any atom is 0.253 e. The Labute approximate surface area is 150 Å². The smallest absolute Gasteiger partial charge is 0.253 e. The lowest BCUT2D eigenvalue weighted by Crippen LogP contribution is -2.44. The van der Waals surface area contributed by atoms with Crippen LogP contribution in [0.2, 0.25) is 0 Å². The minimum Gasteiger partial charge on any atom is -0.485 e. The van der Waals surface area contributed by atoms with Crippen molar-refractivity contribution in [1.29, 1.82) is 0 Å². The number of fused-ring (bicyclic) bond motifs is 1. The summed E-state index contributed by atoms with van der Waals surface area (Å²) in [5.74, 6) is -0.0133. The van der Waals surface area contributed by atoms with Crippen LogP contribution in [0.5, 0.6) is 0 Å². The number of carbonyl (C=O) groups excluding carboxylic acids is 1. The van der Waals surface area contributed by atoms with Crippen molar-refractivity contribution in [3.05, 3.63) is 46.4 Å². The second-order valence-electron chi connectivity index (χ2n) is 5.60. The Morgan fingerprint density at radius 3 is 2.61 bits per heavy atom. The summed E-state index contributed by atoms with van der Waals surface area (Å²) in [5.41, 5.74) is 0.591. The molecular formula is C18H20BrNO2S. The van der Waals surface area contributed by atoms with Gasteiger partial charge in [0.2, 0.25) is 0 Å². The van der Waals surface area contributed by atoms with Crippen LogP contribution < -0.4 is 5.32 Å². The number of benzene rings is 2. The minimum absolute atomic E-state index is 0.150. The molecule has 0 radical (unpaired) electrons. The predicted octanol–water partition coefficient (Wildman–Crippen LogP) is 4.72. The monoisotopic (exact) mass is 393 g/mol. The summed E-state index contributed by atoms with van der Waals surface area (Å²) in [4.78, 5) is 12.7. The highest BCUT2D eigenvalue weighted by atomic mass is 79.9. The number of halogens is 1. The molecular weight excluding hydrogens is 374 g/mol. The first-order valence-electron chi connectivity index (χ1n) is 7.60. The number of hydrogen-bond donors (Lipinski definition) is 1. The van der Waals surface area contributed by atoms with Crippen molar-refractivity contribution in [2.75, 3.05) is 6.61 Å². The molecule has 23 heavy (non-hydrogen) atoms. The van der Waals surface area contributed by atoms with Gasteiger partial charge in [-0.05, 0) is 57.8 Å². The summed E-state index contributed by atoms with van der Waals surface area (Å²) in [5, 5.41) is 5.50. The topological polar surface area (TPSA) is 38.3 Å². The highest BCUT2D eigenvalue weighted by molar-refractivity contribution is 9.10. The van der Waals surface area contributed by atoms with E-state index in [0.29, 0.717) is 17.2 Å². The molecule has 0 aromatic heterocycles. The fourth-order valence-electron chi connectivity index (χ4n) is 2.36. The van der Waals surface area contributed by atoms with Crippen LogP contribution in [-0.2, 0) is 4.74 Å². The number of carbonyl (C=O) groups is 1. The van der Waals surface area contributed by atoms with E-state index in [1.807, 2.05) is 57.2 Å². The first kappa shape index (κ1) is 17.9. The van der Waals surface area contributed by atoms with E-state index in [9.17, 15) is 4.79 Å². The molecule has 2 aromatic rings. The van der Waals surface area contributed by atoms with Gasteiger partial charge < -0.3 is 10.1 Å². The van der Waals surface area contributed by atoms with Crippen molar-refractivity contribution in [2.45, 2.75) is 26.8 Å². The molecule has 1 amide bonds. The van der Waals surface area contributed by atoms with Gasteiger partial charge in [-0.25, -0.2) is 0 Å². The van der Waals surface area contributed by atoms with Crippen LogP contribution in [0, 0.1) is 5.92 Å². The van der Waals surface area contributed by atoms with E-state index in [1.54, 1.807) is 0 Å². The van der Waals surface area contributed by atoms with Gasteiger partial charge in [-0.2, -0.15) is 0 Å². The van der Waals surface area contributed by atoms with Crippen molar-refractivity contribution in [3.63, 3.8) is 0 Å². The lowest BCUT2D eigenvalue weighted by molar-refractivity contribution is 0.0934. The maximum atomic E-state index is 12.7. The van der Waals surface area contributed by atoms with Crippen LogP contribution >= 0.6 is 28.1 Å². The van der Waals surface area contributed by atoms with Crippen LogP contribution in [-0.4, -0.2) is 23.6 Å². The third kappa shape index (κ3) is 4.09. The van der Waals surface area contributed by atoms with E-state index in [2.05, 4.69) is 21.2 Å². The molecule has 0 spiro atoms. The number of rotatable bonds is 5. The second kappa shape index (κ2) is 7.88. The number of hydrogen-bond acceptors (Lipinski definition) is 3. The molecule has 2 rings (SSSR count). The Hall–Kier alpha value is -1.46. The summed E-state index contributed by atoms with van der Waals surface area (Å²) in [6.07, 6.45) is 0. The SMILES string of the molecule is CCOC(=S)C(NC(=O)c1ccc2ccccc2c1Br)C(C)C. The zero-order valence-corrected chi connectivity index (χ0v) is 15.8. The fraction of sp³-hybridized carbons (Fsp3) is 0.333. The summed E-state index contributed by atoms with van der Waals surface area (Å²) in [7, 11) is 0. The van der Waals surface area contributed by atoms with Gasteiger partial charge in [0.25, 0.3) is 5.91 Å². The standard InChI is InChI=1S/C18H20BrNO2S/c1-4-22-18(23)16(11(2)3)20-17(21)14-10-9-12-7-5-6-8-13(12)15(14)19/h5-11,16H,4H2,1-3H3,(H,20,21). The molecule has 5 heteroatoms. The molecule has 1 N–H and O–H groups in total. The molecule has 0 bridgehead atoms. The normalized spacial score (nSPS) is 12.2. The maximum absolute atomic E-state index is 12.7. The van der Waals surface area contributed by atoms with Crippen LogP contribution in [0.1, 0.15) is 31.1 Å². The molecule has 0 aliphatic carbocycles. The molecule has 2 aromatic carbocycles. The quantitative estimate of drug-likeness (QED) is 0.746. The van der Waals surface area contributed by atoms with E-state index < -0.39 is 0 Å². The molecule has 0 aliphatic heterocycles. The molecule has 122 valence electrons. The summed E-state index contributed by atoms with van der Waals surface area (Å²) in [6, 6.07) is 11.4. The van der Waals surface area contributed by atoms with Gasteiger partial charge in [-0.3, -0.25) is 4.79 Å². The van der Waals surface area contributed by atoms with Gasteiger partial charge in [0, 0.05) is 4.47 Å². The predicted molar refractivity (Wildman–Crippen MR) is 102 cm³/mol. The molecule has 0 heterocycles. The van der Waals surface area contributed by atoms with Crippen molar-refractivity contribution < 1.29 is 9.53 Å². The molecule has 1 atom stereocenters. The summed E-state index contributed by atoms with van der Waals surface area (Å²) in [6.45, 7) is 6.39. The molecule has 1 unspecified atom stereocenters. The van der Waals surface area contributed by atoms with E-state index in [0.717, 1.165) is 15.2 Å². The highest BCUT2D eigenvalue weighted by Gasteiger charge is 2.24. The second-order valence-corrected chi connectivity index (χ2v) is 6.79. The van der Waals surface area contributed by atoms with E-state index in [1.165, 1.54) is 0 Å². The Morgan fingerprint density at radius 2 is 1.96 bits per heavy atom. The molecule has 0 saturated heterocycles. The third-order valence-corrected chi connectivity index (χ3v) is 4.83. The van der Waals surface area contributed by atoms with Crippen molar-refractivity contribution >= 4 is 49.9 Å². The van der Waals surface area contributed by atoms with Gasteiger partial charge in [-0.1, -0.05) is 44.2 Å². The van der Waals surface area contributed by atoms with Crippen LogP contribution in [0.3, 0.4) is 0 Å². The number of thiocarbonyl (C=S) groups is 1. The van der Waals surface area contributed by atoms with Crippen molar-refractivity contribution in [1.82, 2.24) is 5.32 Å². The van der Waals surface area contributed by atoms with Crippen LogP contribution in [0.4, 0.5) is 0 Å². The lowest BCUT2D eigenvalue weighted by Gasteiger charge is -2.23. The lowest BCUT2D eigenvalue weighted by atomic mass is 10.0. The summed E-state index contributed by atoms with van der Waals surface area (Å²) >= 11 is 8.83. The van der Waals surface area contributed by atoms with Gasteiger partial charge in [-0.15, -0.1) is 0 Å². The molecule has 0 fully saturated rings. The van der Waals surface area contributed by atoms with Crippen molar-refractivity contribution in [3.8, 4) is 0 Å². The van der Waals surface area contributed by atoms with Gasteiger partial charge in [0.05, 0.1) is 18.2 Å². The Balaban J connectivity index is 2.29. The van der Waals surface area contributed by atoms with Gasteiger partial charge in [0.15, 0.2) is 5.05 Å². The van der Waals surface area contributed by atoms with Crippen LogP contribution in [0.15, 0.2) is 40.9 Å². The fourth-order valence-corrected chi connectivity index (χ4v) is 3.48. The highest BCUT2D eigenvalue weighted by Crippen LogP contribution is 2.27. The Morgan fingerprint density at radius 1 is 1.26 bits per heavy atom. The van der Waals surface area contributed by atoms with Gasteiger partial charge >= 0.3 is 0 Å².